The van der Waals surface area contributed by atoms with Crippen molar-refractivity contribution in [2.75, 3.05) is 0 Å². The van der Waals surface area contributed by atoms with Crippen molar-refractivity contribution in [2.45, 2.75) is 31.7 Å². The Hall–Kier alpha value is -1.74. The molecule has 0 aliphatic rings. The van der Waals surface area contributed by atoms with Crippen LogP contribution < -0.4 is 5.73 Å². The highest BCUT2D eigenvalue weighted by atomic mass is 19.1. The number of hydrogen-bond acceptors (Lipinski definition) is 1. The molecular formula is C17H19F2N. The van der Waals surface area contributed by atoms with Crippen molar-refractivity contribution in [2.24, 2.45) is 5.73 Å². The average molecular weight is 275 g/mol. The molecule has 0 spiro atoms. The van der Waals surface area contributed by atoms with E-state index in [2.05, 4.69) is 0 Å². The van der Waals surface area contributed by atoms with E-state index in [1.165, 1.54) is 6.07 Å². The van der Waals surface area contributed by atoms with Crippen LogP contribution in [-0.4, -0.2) is 0 Å². The largest absolute Gasteiger partial charge is 0.321 e. The fraction of sp³-hybridized carbons (Fsp3) is 0.294. The average Bonchev–Trinajstić information content (AvgIpc) is 2.44. The first kappa shape index (κ1) is 14.7. The lowest BCUT2D eigenvalue weighted by Gasteiger charge is -2.30. The molecule has 2 N–H and O–H groups in total. The predicted octanol–water partition coefficient (Wildman–Crippen LogP) is 4.16. The molecule has 0 fully saturated rings. The first-order valence-corrected chi connectivity index (χ1v) is 6.83. The number of halogens is 2. The zero-order valence-electron chi connectivity index (χ0n) is 11.6. The summed E-state index contributed by atoms with van der Waals surface area (Å²) >= 11 is 0. The minimum atomic E-state index is -0.676. The van der Waals surface area contributed by atoms with Gasteiger partial charge >= 0.3 is 0 Å². The molecule has 0 aromatic heterocycles. The Bertz CT molecular complexity index is 568. The third-order valence-corrected chi connectivity index (χ3v) is 3.56. The summed E-state index contributed by atoms with van der Waals surface area (Å²) < 4.78 is 27.1. The van der Waals surface area contributed by atoms with Gasteiger partial charge in [-0.05, 0) is 42.2 Å². The molecule has 2 aromatic carbocycles. The monoisotopic (exact) mass is 275 g/mol. The molecule has 3 heteroatoms. The van der Waals surface area contributed by atoms with Crippen LogP contribution in [0.15, 0.2) is 48.5 Å². The van der Waals surface area contributed by atoms with Gasteiger partial charge in [0.05, 0.1) is 0 Å². The van der Waals surface area contributed by atoms with Gasteiger partial charge in [-0.15, -0.1) is 0 Å². The summed E-state index contributed by atoms with van der Waals surface area (Å²) in [7, 11) is 0. The van der Waals surface area contributed by atoms with Crippen molar-refractivity contribution >= 4 is 0 Å². The lowest BCUT2D eigenvalue weighted by atomic mass is 9.81. The molecule has 0 heterocycles. The zero-order valence-corrected chi connectivity index (χ0v) is 11.6. The van der Waals surface area contributed by atoms with E-state index >= 15 is 0 Å². The third kappa shape index (κ3) is 3.23. The van der Waals surface area contributed by atoms with Gasteiger partial charge in [0, 0.05) is 5.54 Å². The Morgan fingerprint density at radius 1 is 1.05 bits per heavy atom. The third-order valence-electron chi connectivity index (χ3n) is 3.56. The summed E-state index contributed by atoms with van der Waals surface area (Å²) in [6.07, 6.45) is 1.88. The molecule has 0 saturated heterocycles. The molecule has 0 amide bonds. The fourth-order valence-corrected chi connectivity index (χ4v) is 2.57. The van der Waals surface area contributed by atoms with Crippen molar-refractivity contribution in [1.29, 1.82) is 0 Å². The summed E-state index contributed by atoms with van der Waals surface area (Å²) in [6.45, 7) is 2.03. The lowest BCUT2D eigenvalue weighted by Crippen LogP contribution is -2.39. The Morgan fingerprint density at radius 3 is 2.40 bits per heavy atom. The summed E-state index contributed by atoms with van der Waals surface area (Å²) in [5, 5.41) is 0. The van der Waals surface area contributed by atoms with Crippen LogP contribution >= 0.6 is 0 Å². The van der Waals surface area contributed by atoms with Gasteiger partial charge in [-0.2, -0.15) is 0 Å². The van der Waals surface area contributed by atoms with E-state index < -0.39 is 17.2 Å². The fourth-order valence-electron chi connectivity index (χ4n) is 2.57. The van der Waals surface area contributed by atoms with E-state index in [0.29, 0.717) is 12.0 Å². The summed E-state index contributed by atoms with van der Waals surface area (Å²) in [4.78, 5) is 0. The van der Waals surface area contributed by atoms with Crippen molar-refractivity contribution in [3.8, 4) is 0 Å². The highest BCUT2D eigenvalue weighted by Crippen LogP contribution is 2.29. The predicted molar refractivity (Wildman–Crippen MR) is 77.3 cm³/mol. The van der Waals surface area contributed by atoms with E-state index in [0.717, 1.165) is 24.1 Å². The highest BCUT2D eigenvalue weighted by molar-refractivity contribution is 5.29. The Morgan fingerprint density at radius 2 is 1.75 bits per heavy atom. The van der Waals surface area contributed by atoms with Crippen LogP contribution in [0.3, 0.4) is 0 Å². The molecule has 0 bridgehead atoms. The molecule has 1 nitrogen and oxygen atoms in total. The molecule has 1 unspecified atom stereocenters. The van der Waals surface area contributed by atoms with Crippen LogP contribution in [0.2, 0.25) is 0 Å². The minimum Gasteiger partial charge on any atom is -0.321 e. The summed E-state index contributed by atoms with van der Waals surface area (Å²) in [5.41, 5.74) is 7.09. The first-order chi connectivity index (χ1) is 9.55. The molecule has 106 valence electrons. The van der Waals surface area contributed by atoms with Crippen molar-refractivity contribution in [3.63, 3.8) is 0 Å². The molecule has 2 aromatic rings. The SMILES string of the molecule is CCCC(N)(Cc1cc(F)ccc1F)c1ccccc1. The molecular weight excluding hydrogens is 256 g/mol. The number of hydrogen-bond donors (Lipinski definition) is 1. The highest BCUT2D eigenvalue weighted by Gasteiger charge is 2.27. The molecule has 0 aliphatic carbocycles. The molecule has 20 heavy (non-hydrogen) atoms. The molecule has 2 rings (SSSR count). The van der Waals surface area contributed by atoms with E-state index in [9.17, 15) is 8.78 Å². The van der Waals surface area contributed by atoms with Gasteiger partial charge in [-0.1, -0.05) is 43.7 Å². The van der Waals surface area contributed by atoms with Gasteiger partial charge in [0.15, 0.2) is 0 Å². The maximum Gasteiger partial charge on any atom is 0.126 e. The van der Waals surface area contributed by atoms with Gasteiger partial charge in [0.25, 0.3) is 0 Å². The Labute approximate surface area is 118 Å². The maximum absolute atomic E-state index is 13.8. The van der Waals surface area contributed by atoms with Gasteiger partial charge in [0.2, 0.25) is 0 Å². The van der Waals surface area contributed by atoms with Gasteiger partial charge in [-0.25, -0.2) is 8.78 Å². The quantitative estimate of drug-likeness (QED) is 0.871. The second kappa shape index (κ2) is 6.14. The smallest absolute Gasteiger partial charge is 0.126 e. The molecule has 0 saturated carbocycles. The summed E-state index contributed by atoms with van der Waals surface area (Å²) in [6, 6.07) is 13.1. The molecule has 0 aliphatic heterocycles. The maximum atomic E-state index is 13.8. The van der Waals surface area contributed by atoms with Crippen LogP contribution in [0.4, 0.5) is 8.78 Å². The number of benzene rings is 2. The van der Waals surface area contributed by atoms with Crippen LogP contribution in [-0.2, 0) is 12.0 Å². The van der Waals surface area contributed by atoms with E-state index in [-0.39, 0.29) is 6.42 Å². The topological polar surface area (TPSA) is 26.0 Å². The minimum absolute atomic E-state index is 0.286. The molecule has 1 atom stereocenters. The standard InChI is InChI=1S/C17H19F2N/c1-2-10-17(20,14-6-4-3-5-7-14)12-13-11-15(18)8-9-16(13)19/h3-9,11H,2,10,12,20H2,1H3. The zero-order chi connectivity index (χ0) is 14.6. The van der Waals surface area contributed by atoms with Crippen LogP contribution in [0.25, 0.3) is 0 Å². The van der Waals surface area contributed by atoms with E-state index in [4.69, 9.17) is 5.73 Å². The van der Waals surface area contributed by atoms with Crippen LogP contribution in [0.1, 0.15) is 30.9 Å². The van der Waals surface area contributed by atoms with E-state index in [1.54, 1.807) is 0 Å². The van der Waals surface area contributed by atoms with Crippen LogP contribution in [0, 0.1) is 11.6 Å². The van der Waals surface area contributed by atoms with Gasteiger partial charge in [0.1, 0.15) is 11.6 Å². The normalized spacial score (nSPS) is 14.0. The van der Waals surface area contributed by atoms with Gasteiger partial charge in [-0.3, -0.25) is 0 Å². The Balaban J connectivity index is 2.36. The van der Waals surface area contributed by atoms with Crippen molar-refractivity contribution in [3.05, 3.63) is 71.3 Å². The number of rotatable bonds is 5. The van der Waals surface area contributed by atoms with Crippen molar-refractivity contribution < 1.29 is 8.78 Å². The second-order valence-corrected chi connectivity index (χ2v) is 5.18. The number of nitrogens with two attached hydrogens (primary N) is 1. The second-order valence-electron chi connectivity index (χ2n) is 5.18. The van der Waals surface area contributed by atoms with Crippen molar-refractivity contribution in [1.82, 2.24) is 0 Å². The van der Waals surface area contributed by atoms with Gasteiger partial charge < -0.3 is 5.73 Å². The first-order valence-electron chi connectivity index (χ1n) is 6.83. The lowest BCUT2D eigenvalue weighted by molar-refractivity contribution is 0.392. The molecule has 0 radical (unpaired) electrons. The Kier molecular flexibility index (Phi) is 4.50. The van der Waals surface area contributed by atoms with Crippen LogP contribution in [0.5, 0.6) is 0 Å². The van der Waals surface area contributed by atoms with E-state index in [1.807, 2.05) is 37.3 Å². The summed E-state index contributed by atoms with van der Waals surface area (Å²) in [5.74, 6) is -0.846.